The van der Waals surface area contributed by atoms with Gasteiger partial charge in [-0.25, -0.2) is 0 Å². The monoisotopic (exact) mass is 394 g/mol. The lowest BCUT2D eigenvalue weighted by Gasteiger charge is -2.60. The Balaban J connectivity index is 0.00000225. The predicted octanol–water partition coefficient (Wildman–Crippen LogP) is 2.91. The van der Waals surface area contributed by atoms with E-state index in [4.69, 9.17) is 9.47 Å². The van der Waals surface area contributed by atoms with E-state index in [9.17, 15) is 0 Å². The molecular formula is C20H38O2Si3. The average molecular weight is 395 g/mol. The number of hydrogen-bond acceptors (Lipinski definition) is 2. The smallest absolute Gasteiger partial charge is 0.145 e. The fourth-order valence-corrected chi connectivity index (χ4v) is 21.2. The van der Waals surface area contributed by atoms with Crippen LogP contribution < -0.4 is 5.19 Å². The van der Waals surface area contributed by atoms with E-state index in [0.29, 0.717) is 0 Å². The molecule has 142 valence electrons. The molecule has 0 aliphatic carbocycles. The molecule has 1 aromatic rings. The highest BCUT2D eigenvalue weighted by Gasteiger charge is 2.64. The fraction of sp³-hybridized carbons (Fsp3) is 0.700. The van der Waals surface area contributed by atoms with Crippen LogP contribution in [0.25, 0.3) is 0 Å². The van der Waals surface area contributed by atoms with Crippen molar-refractivity contribution in [2.24, 2.45) is 0 Å². The van der Waals surface area contributed by atoms with Crippen LogP contribution in [-0.4, -0.2) is 50.0 Å². The van der Waals surface area contributed by atoms with Gasteiger partial charge in [-0.3, -0.25) is 0 Å². The molecule has 2 aliphatic rings. The van der Waals surface area contributed by atoms with Crippen molar-refractivity contribution >= 4 is 32.3 Å². The van der Waals surface area contributed by atoms with E-state index >= 15 is 0 Å². The van der Waals surface area contributed by atoms with Crippen molar-refractivity contribution in [2.45, 2.75) is 75.3 Å². The van der Waals surface area contributed by atoms with Gasteiger partial charge in [-0.2, -0.15) is 0 Å². The van der Waals surface area contributed by atoms with Gasteiger partial charge in [0.1, 0.15) is 8.07 Å². The third-order valence-corrected chi connectivity index (χ3v) is 22.6. The first kappa shape index (κ1) is 21.1. The number of ether oxygens (including phenoxy) is 2. The first-order valence-corrected chi connectivity index (χ1v) is 16.2. The third-order valence-electron chi connectivity index (χ3n) is 6.96. The highest BCUT2D eigenvalue weighted by Crippen LogP contribution is 2.44. The van der Waals surface area contributed by atoms with Gasteiger partial charge in [0.15, 0.2) is 0 Å². The van der Waals surface area contributed by atoms with Gasteiger partial charge in [0, 0.05) is 28.3 Å². The summed E-state index contributed by atoms with van der Waals surface area (Å²) in [7, 11) is -1.88. The van der Waals surface area contributed by atoms with Crippen molar-refractivity contribution in [1.82, 2.24) is 0 Å². The summed E-state index contributed by atoms with van der Waals surface area (Å²) in [4.78, 5) is 0.271. The molecule has 0 aromatic heterocycles. The van der Waals surface area contributed by atoms with Crippen molar-refractivity contribution in [2.75, 3.05) is 13.2 Å². The molecular weight excluding hydrogens is 356 g/mol. The second-order valence-electron chi connectivity index (χ2n) is 8.38. The largest absolute Gasteiger partial charge is 0.382 e. The Morgan fingerprint density at radius 1 is 0.960 bits per heavy atom. The van der Waals surface area contributed by atoms with Crippen molar-refractivity contribution < 1.29 is 9.47 Å². The zero-order valence-corrected chi connectivity index (χ0v) is 20.1. The molecule has 3 unspecified atom stereocenters. The highest BCUT2D eigenvalue weighted by molar-refractivity contribution is 7.06. The minimum absolute atomic E-state index is 0. The van der Waals surface area contributed by atoms with Crippen molar-refractivity contribution in [1.29, 1.82) is 0 Å². The van der Waals surface area contributed by atoms with Crippen LogP contribution in [0.1, 0.15) is 46.0 Å². The molecule has 2 saturated heterocycles. The molecule has 0 radical (unpaired) electrons. The Labute approximate surface area is 160 Å². The van der Waals surface area contributed by atoms with Crippen molar-refractivity contribution in [3.05, 3.63) is 30.3 Å². The van der Waals surface area contributed by atoms with Crippen LogP contribution in [0.4, 0.5) is 0 Å². The van der Waals surface area contributed by atoms with E-state index in [0.717, 1.165) is 23.5 Å². The Morgan fingerprint density at radius 2 is 1.56 bits per heavy atom. The van der Waals surface area contributed by atoms with Gasteiger partial charge in [-0.1, -0.05) is 62.6 Å². The molecule has 0 spiro atoms. The molecule has 2 aliphatic heterocycles. The maximum atomic E-state index is 6.83. The molecule has 0 N–H and O–H groups in total. The number of hydrogen-bond donors (Lipinski definition) is 0. The summed E-state index contributed by atoms with van der Waals surface area (Å²) < 4.78 is 13.5. The molecule has 2 heterocycles. The van der Waals surface area contributed by atoms with Gasteiger partial charge in [0.25, 0.3) is 0 Å². The van der Waals surface area contributed by atoms with Crippen LogP contribution in [0.3, 0.4) is 0 Å². The minimum atomic E-state index is -1.98. The molecule has 3 atom stereocenters. The molecule has 0 saturated carbocycles. The Bertz CT molecular complexity index is 537. The van der Waals surface area contributed by atoms with E-state index in [1.165, 1.54) is 38.5 Å². The average Bonchev–Trinajstić information content (AvgIpc) is 2.62. The van der Waals surface area contributed by atoms with Crippen LogP contribution in [0, 0.1) is 0 Å². The van der Waals surface area contributed by atoms with Crippen LogP contribution in [-0.2, 0) is 9.47 Å². The van der Waals surface area contributed by atoms with Crippen LogP contribution in [0.2, 0.25) is 19.6 Å². The summed E-state index contributed by atoms with van der Waals surface area (Å²) >= 11 is 0. The number of benzene rings is 1. The van der Waals surface area contributed by atoms with Crippen LogP contribution >= 0.6 is 0 Å². The topological polar surface area (TPSA) is 18.5 Å². The van der Waals surface area contributed by atoms with Gasteiger partial charge in [0.05, 0.1) is 13.6 Å². The second-order valence-corrected chi connectivity index (χ2v) is 19.5. The van der Waals surface area contributed by atoms with Crippen LogP contribution in [0.5, 0.6) is 0 Å². The first-order valence-electron chi connectivity index (χ1n) is 9.80. The molecule has 5 heteroatoms. The fourth-order valence-electron chi connectivity index (χ4n) is 5.34. The van der Waals surface area contributed by atoms with E-state index < -0.39 is 16.9 Å². The SMILES string of the molecule is C.C[SiH](C)C1([Si](C)(c2ccccc2)C2([SiH3])CCCCO2)CCCCO1. The van der Waals surface area contributed by atoms with Gasteiger partial charge in [-0.15, -0.1) is 0 Å². The molecule has 2 fully saturated rings. The van der Waals surface area contributed by atoms with E-state index in [-0.39, 0.29) is 17.1 Å². The van der Waals surface area contributed by atoms with Gasteiger partial charge in [0.2, 0.25) is 0 Å². The summed E-state index contributed by atoms with van der Waals surface area (Å²) in [5.41, 5.74) is 0. The van der Waals surface area contributed by atoms with Gasteiger partial charge >= 0.3 is 0 Å². The van der Waals surface area contributed by atoms with E-state index in [2.05, 4.69) is 50.0 Å². The standard InChI is InChI=1S/C19H34O2Si3.CH4/c1-23(2)19(14-8-10-16-21-19)24(3,17-11-5-4-6-12-17)18(22)13-7-9-15-20-18;/h4-6,11-12,23H,7-10,13-16H2,1-3,22H3;1H4. The van der Waals surface area contributed by atoms with Crippen molar-refractivity contribution in [3.63, 3.8) is 0 Å². The molecule has 1 aromatic carbocycles. The maximum Gasteiger partial charge on any atom is 0.145 e. The highest BCUT2D eigenvalue weighted by atomic mass is 28.4. The number of rotatable bonds is 4. The minimum Gasteiger partial charge on any atom is -0.382 e. The molecule has 0 amide bonds. The van der Waals surface area contributed by atoms with E-state index in [1.807, 2.05) is 0 Å². The zero-order chi connectivity index (χ0) is 17.3. The Kier molecular flexibility index (Phi) is 6.93. The summed E-state index contributed by atoms with van der Waals surface area (Å²) in [5, 5.41) is 1.57. The quantitative estimate of drug-likeness (QED) is 0.731. The van der Waals surface area contributed by atoms with Gasteiger partial charge in [-0.05, 0) is 38.5 Å². The lowest BCUT2D eigenvalue weighted by atomic mass is 10.2. The third kappa shape index (κ3) is 3.38. The van der Waals surface area contributed by atoms with Crippen molar-refractivity contribution in [3.8, 4) is 0 Å². The summed E-state index contributed by atoms with van der Waals surface area (Å²) in [6.07, 6.45) is 7.64. The predicted molar refractivity (Wildman–Crippen MR) is 118 cm³/mol. The normalized spacial score (nSPS) is 32.8. The van der Waals surface area contributed by atoms with E-state index in [1.54, 1.807) is 5.19 Å². The van der Waals surface area contributed by atoms with Crippen LogP contribution in [0.15, 0.2) is 30.3 Å². The van der Waals surface area contributed by atoms with Gasteiger partial charge < -0.3 is 9.47 Å². The lowest BCUT2D eigenvalue weighted by Crippen LogP contribution is -2.82. The zero-order valence-electron chi connectivity index (χ0n) is 15.9. The molecule has 25 heavy (non-hydrogen) atoms. The summed E-state index contributed by atoms with van der Waals surface area (Å²) in [5.74, 6) is 0. The Hall–Kier alpha value is -0.209. The molecule has 0 bridgehead atoms. The maximum absolute atomic E-state index is 6.83. The lowest BCUT2D eigenvalue weighted by molar-refractivity contribution is -0.00551. The Morgan fingerprint density at radius 3 is 2.04 bits per heavy atom. The molecule has 3 rings (SSSR count). The second kappa shape index (κ2) is 8.21. The molecule has 2 nitrogen and oxygen atoms in total. The summed E-state index contributed by atoms with van der Waals surface area (Å²) in [6.45, 7) is 9.58. The first-order chi connectivity index (χ1) is 11.5. The summed E-state index contributed by atoms with van der Waals surface area (Å²) in [6, 6.07) is 11.4.